The van der Waals surface area contributed by atoms with E-state index in [1.54, 1.807) is 36.4 Å². The molecule has 0 unspecified atom stereocenters. The van der Waals surface area contributed by atoms with Crippen molar-refractivity contribution in [3.05, 3.63) is 89.4 Å². The number of nitrogens with one attached hydrogen (secondary N) is 2. The van der Waals surface area contributed by atoms with E-state index in [9.17, 15) is 12.8 Å². The van der Waals surface area contributed by atoms with Crippen molar-refractivity contribution < 1.29 is 17.5 Å². The van der Waals surface area contributed by atoms with Crippen molar-refractivity contribution in [3.63, 3.8) is 0 Å². The van der Waals surface area contributed by atoms with Crippen molar-refractivity contribution in [1.82, 2.24) is 4.57 Å². The highest BCUT2D eigenvalue weighted by Gasteiger charge is 2.26. The number of halogens is 1. The maximum atomic E-state index is 13.7. The van der Waals surface area contributed by atoms with Crippen LogP contribution in [0.4, 0.5) is 10.1 Å². The van der Waals surface area contributed by atoms with Crippen molar-refractivity contribution >= 4 is 32.8 Å². The maximum Gasteiger partial charge on any atom is 0.261 e. The van der Waals surface area contributed by atoms with Crippen molar-refractivity contribution in [2.75, 3.05) is 17.9 Å². The zero-order chi connectivity index (χ0) is 26.6. The summed E-state index contributed by atoms with van der Waals surface area (Å²) in [6, 6.07) is 18.1. The molecule has 0 atom stereocenters. The molecule has 3 aromatic carbocycles. The van der Waals surface area contributed by atoms with E-state index in [1.165, 1.54) is 24.3 Å². The molecule has 0 radical (unpaired) electrons. The minimum Gasteiger partial charge on any atom is -0.381 e. The first-order valence-corrected chi connectivity index (χ1v) is 14.0. The van der Waals surface area contributed by atoms with Gasteiger partial charge in [0.1, 0.15) is 5.82 Å². The maximum absolute atomic E-state index is 13.7. The van der Waals surface area contributed by atoms with Gasteiger partial charge in [-0.2, -0.15) is 0 Å². The Kier molecular flexibility index (Phi) is 8.10. The highest BCUT2D eigenvalue weighted by atomic mass is 32.2. The lowest BCUT2D eigenvalue weighted by molar-refractivity contribution is 0.0841. The molecule has 194 valence electrons. The Bertz CT molecular complexity index is 1490. The van der Waals surface area contributed by atoms with Crippen molar-refractivity contribution in [2.45, 2.75) is 44.4 Å². The Morgan fingerprint density at radius 1 is 1.03 bits per heavy atom. The predicted octanol–water partition coefficient (Wildman–Crippen LogP) is 6.80. The summed E-state index contributed by atoms with van der Waals surface area (Å²) in [5, 5.41) is 8.88. The lowest BCUT2D eigenvalue weighted by atomic mass is 9.93. The van der Waals surface area contributed by atoms with Crippen LogP contribution in [-0.4, -0.2) is 32.4 Å². The molecule has 0 spiro atoms. The van der Waals surface area contributed by atoms with Gasteiger partial charge in [-0.05, 0) is 73.9 Å². The fourth-order valence-electron chi connectivity index (χ4n) is 4.86. The third-order valence-corrected chi connectivity index (χ3v) is 7.97. The van der Waals surface area contributed by atoms with Crippen molar-refractivity contribution in [3.8, 4) is 5.69 Å². The summed E-state index contributed by atoms with van der Waals surface area (Å²) in [5.74, 6) is -0.0681. The Labute approximate surface area is 217 Å². The van der Waals surface area contributed by atoms with Gasteiger partial charge < -0.3 is 14.7 Å². The van der Waals surface area contributed by atoms with Crippen LogP contribution in [0.25, 0.3) is 16.6 Å². The van der Waals surface area contributed by atoms with Gasteiger partial charge in [0.25, 0.3) is 10.0 Å². The standard InChI is InChI=1S/C27H26FN3O3S.C2H6/c1-18-24-16-25(30-35(32,33)23-5-3-2-4-6-23)20(17-29)15-26(24)31(22-9-7-21(28)8-10-22)27(18)19-11-13-34-14-12-19;1-2/h2-10,15-17,19,29-30H,11-14H2,1H3;1-2H3. The fraction of sp³-hybridized carbons (Fsp3) is 0.276. The highest BCUT2D eigenvalue weighted by molar-refractivity contribution is 7.92. The summed E-state index contributed by atoms with van der Waals surface area (Å²) in [5.41, 5.74) is 4.59. The van der Waals surface area contributed by atoms with E-state index >= 15 is 0 Å². The molecule has 1 aliphatic rings. The molecule has 4 aromatic rings. The molecule has 6 nitrogen and oxygen atoms in total. The van der Waals surface area contributed by atoms with Crippen LogP contribution in [0.15, 0.2) is 71.6 Å². The first-order chi connectivity index (χ1) is 17.9. The Morgan fingerprint density at radius 3 is 2.30 bits per heavy atom. The van der Waals surface area contributed by atoms with Crippen LogP contribution in [-0.2, 0) is 14.8 Å². The summed E-state index contributed by atoms with van der Waals surface area (Å²) in [4.78, 5) is 0.152. The fourth-order valence-corrected chi connectivity index (χ4v) is 5.96. The van der Waals surface area contributed by atoms with E-state index in [0.717, 1.165) is 46.9 Å². The molecular weight excluding hydrogens is 489 g/mol. The molecule has 1 aliphatic heterocycles. The molecule has 0 amide bonds. The normalized spacial score (nSPS) is 14.2. The monoisotopic (exact) mass is 521 g/mol. The number of ether oxygens (including phenoxy) is 1. The highest BCUT2D eigenvalue weighted by Crippen LogP contribution is 2.39. The van der Waals surface area contributed by atoms with E-state index in [1.807, 2.05) is 26.8 Å². The quantitative estimate of drug-likeness (QED) is 0.274. The molecule has 8 heteroatoms. The number of nitrogens with zero attached hydrogens (tertiary/aromatic N) is 1. The topological polar surface area (TPSA) is 84.2 Å². The molecule has 2 heterocycles. The molecule has 0 bridgehead atoms. The van der Waals surface area contributed by atoms with Gasteiger partial charge >= 0.3 is 0 Å². The molecule has 37 heavy (non-hydrogen) atoms. The van der Waals surface area contributed by atoms with Gasteiger partial charge in [-0.15, -0.1) is 0 Å². The molecule has 0 aliphatic carbocycles. The number of benzene rings is 3. The average molecular weight is 522 g/mol. The molecule has 1 fully saturated rings. The number of anilines is 1. The molecule has 1 saturated heterocycles. The molecule has 2 N–H and O–H groups in total. The van der Waals surface area contributed by atoms with Gasteiger partial charge in [0.05, 0.1) is 16.1 Å². The lowest BCUT2D eigenvalue weighted by Crippen LogP contribution is -2.17. The third kappa shape index (κ3) is 5.31. The van der Waals surface area contributed by atoms with E-state index in [2.05, 4.69) is 9.29 Å². The summed E-state index contributed by atoms with van der Waals surface area (Å²) in [6.45, 7) is 7.37. The number of rotatable bonds is 6. The minimum absolute atomic E-state index is 0.152. The van der Waals surface area contributed by atoms with Crippen LogP contribution in [0.1, 0.15) is 49.4 Å². The molecule has 5 rings (SSSR count). The third-order valence-electron chi connectivity index (χ3n) is 6.58. The van der Waals surface area contributed by atoms with Gasteiger partial charge in [-0.25, -0.2) is 12.8 Å². The van der Waals surface area contributed by atoms with Crippen LogP contribution >= 0.6 is 0 Å². The second kappa shape index (κ2) is 11.3. The van der Waals surface area contributed by atoms with Crippen molar-refractivity contribution in [1.29, 1.82) is 5.41 Å². The number of aryl methyl sites for hydroxylation is 1. The first-order valence-electron chi connectivity index (χ1n) is 12.5. The van der Waals surface area contributed by atoms with Crippen LogP contribution in [0.5, 0.6) is 0 Å². The smallest absolute Gasteiger partial charge is 0.261 e. The van der Waals surface area contributed by atoms with E-state index in [4.69, 9.17) is 10.1 Å². The molecule has 1 aromatic heterocycles. The van der Waals surface area contributed by atoms with Gasteiger partial charge in [0, 0.05) is 47.7 Å². The van der Waals surface area contributed by atoms with Crippen LogP contribution in [0, 0.1) is 18.2 Å². The average Bonchev–Trinajstić information content (AvgIpc) is 3.21. The summed E-state index contributed by atoms with van der Waals surface area (Å²) < 4.78 is 50.1. The lowest BCUT2D eigenvalue weighted by Gasteiger charge is -2.25. The number of hydrogen-bond donors (Lipinski definition) is 2. The van der Waals surface area contributed by atoms with Crippen LogP contribution < -0.4 is 4.72 Å². The van der Waals surface area contributed by atoms with Crippen molar-refractivity contribution in [2.24, 2.45) is 0 Å². The van der Waals surface area contributed by atoms with Crippen LogP contribution in [0.3, 0.4) is 0 Å². The largest absolute Gasteiger partial charge is 0.381 e. The number of sulfonamides is 1. The zero-order valence-corrected chi connectivity index (χ0v) is 22.1. The Balaban J connectivity index is 0.00000156. The van der Waals surface area contributed by atoms with Crippen LogP contribution in [0.2, 0.25) is 0 Å². The summed E-state index contributed by atoms with van der Waals surface area (Å²) in [6.07, 6.45) is 2.88. The second-order valence-electron chi connectivity index (χ2n) is 8.73. The number of aromatic nitrogens is 1. The second-order valence-corrected chi connectivity index (χ2v) is 10.4. The SMILES string of the molecule is CC.Cc1c(C2CCOCC2)n(-c2ccc(F)cc2)c2cc(C=N)c(NS(=O)(=O)c3ccccc3)cc12. The van der Waals surface area contributed by atoms with E-state index < -0.39 is 10.0 Å². The summed E-state index contributed by atoms with van der Waals surface area (Å²) >= 11 is 0. The van der Waals surface area contributed by atoms with Gasteiger partial charge in [-0.3, -0.25) is 4.72 Å². The Hall–Kier alpha value is -3.49. The minimum atomic E-state index is -3.83. The number of fused-ring (bicyclic) bond motifs is 1. The predicted molar refractivity (Wildman–Crippen MR) is 147 cm³/mol. The van der Waals surface area contributed by atoms with E-state index in [0.29, 0.717) is 24.5 Å². The zero-order valence-electron chi connectivity index (χ0n) is 21.3. The molecule has 0 saturated carbocycles. The summed E-state index contributed by atoms with van der Waals surface area (Å²) in [7, 11) is -3.83. The molecular formula is C29H32FN3O3S. The van der Waals surface area contributed by atoms with E-state index in [-0.39, 0.29) is 16.6 Å². The van der Waals surface area contributed by atoms with Gasteiger partial charge in [-0.1, -0.05) is 32.0 Å². The Morgan fingerprint density at radius 2 is 1.68 bits per heavy atom. The number of hydrogen-bond acceptors (Lipinski definition) is 4. The van der Waals surface area contributed by atoms with Gasteiger partial charge in [0.2, 0.25) is 0 Å². The first kappa shape index (κ1) is 26.6. The van der Waals surface area contributed by atoms with Gasteiger partial charge in [0.15, 0.2) is 0 Å².